The van der Waals surface area contributed by atoms with E-state index in [4.69, 9.17) is 14.2 Å². The standard InChI is InChI=1S/C56H88O3/c1-4-6-8-10-11-12-13-14-15-16-17-21-25-38-48-58-55(49-57-47-37-24-20-18-19-23-30-40-51(3)39-29-22-9-7-5-2)50-59-56(52-41-31-26-32-42-52,53-43-33-27-34-44-53)54-45-35-28-36-46-54/h5,26-28,31-36,41-46,51,55H,2,4,6-25,29-30,37-40,47-50H2,1,3H3/t51-,55+/m1/s1. The average molecular weight is 809 g/mol. The number of ether oxygens (including phenoxy) is 3. The van der Waals surface area contributed by atoms with Crippen LogP contribution < -0.4 is 0 Å². The molecule has 0 saturated heterocycles. The van der Waals surface area contributed by atoms with Crippen LogP contribution in [-0.4, -0.2) is 32.5 Å². The first kappa shape index (κ1) is 50.6. The van der Waals surface area contributed by atoms with Crippen LogP contribution in [-0.2, 0) is 19.8 Å². The predicted molar refractivity (Wildman–Crippen MR) is 255 cm³/mol. The number of rotatable bonds is 40. The Morgan fingerprint density at radius 3 is 1.31 bits per heavy atom. The number of hydrogen-bond acceptors (Lipinski definition) is 3. The van der Waals surface area contributed by atoms with Crippen LogP contribution >= 0.6 is 0 Å². The second-order valence-corrected chi connectivity index (χ2v) is 17.5. The highest BCUT2D eigenvalue weighted by Gasteiger charge is 2.38. The van der Waals surface area contributed by atoms with Gasteiger partial charge in [-0.1, -0.05) is 259 Å². The fourth-order valence-corrected chi connectivity index (χ4v) is 8.58. The van der Waals surface area contributed by atoms with E-state index >= 15 is 0 Å². The zero-order valence-electron chi connectivity index (χ0n) is 38.2. The maximum Gasteiger partial charge on any atom is 0.143 e. The quantitative estimate of drug-likeness (QED) is 0.0325. The van der Waals surface area contributed by atoms with Crippen molar-refractivity contribution in [1.82, 2.24) is 0 Å². The Balaban J connectivity index is 1.44. The lowest BCUT2D eigenvalue weighted by molar-refractivity contribution is -0.0923. The lowest BCUT2D eigenvalue weighted by atomic mass is 9.80. The van der Waals surface area contributed by atoms with Gasteiger partial charge < -0.3 is 14.2 Å². The molecule has 0 aliphatic rings. The Bertz CT molecular complexity index is 1240. The molecule has 0 heterocycles. The molecule has 3 rings (SSSR count). The summed E-state index contributed by atoms with van der Waals surface area (Å²) >= 11 is 0. The second-order valence-electron chi connectivity index (χ2n) is 17.5. The first-order valence-electron chi connectivity index (χ1n) is 24.8. The van der Waals surface area contributed by atoms with Crippen molar-refractivity contribution in [3.8, 4) is 0 Å². The van der Waals surface area contributed by atoms with Gasteiger partial charge in [-0.05, 0) is 48.3 Å². The molecule has 3 nitrogen and oxygen atoms in total. The van der Waals surface area contributed by atoms with Gasteiger partial charge in [0, 0.05) is 13.2 Å². The maximum absolute atomic E-state index is 7.21. The summed E-state index contributed by atoms with van der Waals surface area (Å²) < 4.78 is 20.2. The third-order valence-corrected chi connectivity index (χ3v) is 12.3. The Morgan fingerprint density at radius 2 is 0.864 bits per heavy atom. The van der Waals surface area contributed by atoms with Crippen LogP contribution in [0.5, 0.6) is 0 Å². The van der Waals surface area contributed by atoms with Gasteiger partial charge in [-0.3, -0.25) is 0 Å². The summed E-state index contributed by atoms with van der Waals surface area (Å²) in [6, 6.07) is 32.1. The summed E-state index contributed by atoms with van der Waals surface area (Å²) in [4.78, 5) is 0. The lowest BCUT2D eigenvalue weighted by Gasteiger charge is -2.37. The lowest BCUT2D eigenvalue weighted by Crippen LogP contribution is -2.37. The number of allylic oxidation sites excluding steroid dienone is 1. The van der Waals surface area contributed by atoms with Crippen LogP contribution in [0.4, 0.5) is 0 Å². The molecule has 0 saturated carbocycles. The molecule has 0 aliphatic carbocycles. The smallest absolute Gasteiger partial charge is 0.143 e. The van der Waals surface area contributed by atoms with Crippen LogP contribution in [0.3, 0.4) is 0 Å². The van der Waals surface area contributed by atoms with Gasteiger partial charge in [-0.15, -0.1) is 6.58 Å². The van der Waals surface area contributed by atoms with Crippen molar-refractivity contribution in [2.75, 3.05) is 26.4 Å². The molecule has 0 aromatic heterocycles. The molecule has 3 aromatic carbocycles. The minimum atomic E-state index is -0.760. The van der Waals surface area contributed by atoms with Crippen molar-refractivity contribution in [3.63, 3.8) is 0 Å². The number of hydrogen-bond donors (Lipinski definition) is 0. The monoisotopic (exact) mass is 809 g/mol. The maximum atomic E-state index is 7.21. The van der Waals surface area contributed by atoms with Gasteiger partial charge in [0.25, 0.3) is 0 Å². The molecule has 0 bridgehead atoms. The summed E-state index contributed by atoms with van der Waals surface area (Å²) in [5, 5.41) is 0. The van der Waals surface area contributed by atoms with Gasteiger partial charge in [0.05, 0.1) is 13.2 Å². The zero-order valence-corrected chi connectivity index (χ0v) is 38.2. The van der Waals surface area contributed by atoms with E-state index in [1.807, 2.05) is 0 Å². The number of unbranched alkanes of at least 4 members (excludes halogenated alkanes) is 22. The van der Waals surface area contributed by atoms with E-state index in [9.17, 15) is 0 Å². The van der Waals surface area contributed by atoms with E-state index in [0.29, 0.717) is 13.2 Å². The first-order valence-corrected chi connectivity index (χ1v) is 24.8. The van der Waals surface area contributed by atoms with Crippen LogP contribution in [0.25, 0.3) is 0 Å². The van der Waals surface area contributed by atoms with Crippen molar-refractivity contribution < 1.29 is 14.2 Å². The highest BCUT2D eigenvalue weighted by molar-refractivity contribution is 5.47. The highest BCUT2D eigenvalue weighted by Crippen LogP contribution is 2.40. The van der Waals surface area contributed by atoms with Gasteiger partial charge >= 0.3 is 0 Å². The van der Waals surface area contributed by atoms with Gasteiger partial charge in [0.2, 0.25) is 0 Å². The summed E-state index contributed by atoms with van der Waals surface area (Å²) in [5.41, 5.74) is 2.60. The number of benzene rings is 3. The fraction of sp³-hybridized carbons (Fsp3) is 0.643. The Morgan fingerprint density at radius 1 is 0.475 bits per heavy atom. The Hall–Kier alpha value is -2.72. The third kappa shape index (κ3) is 22.6. The molecule has 3 heteroatoms. The zero-order chi connectivity index (χ0) is 41.7. The van der Waals surface area contributed by atoms with Crippen LogP contribution in [0, 0.1) is 5.92 Å². The Kier molecular flexibility index (Phi) is 30.0. The van der Waals surface area contributed by atoms with Gasteiger partial charge in [-0.25, -0.2) is 0 Å². The fourth-order valence-electron chi connectivity index (χ4n) is 8.58. The van der Waals surface area contributed by atoms with Crippen molar-refractivity contribution >= 4 is 0 Å². The van der Waals surface area contributed by atoms with E-state index in [2.05, 4.69) is 117 Å². The molecule has 3 aromatic rings. The van der Waals surface area contributed by atoms with Crippen molar-refractivity contribution in [1.29, 1.82) is 0 Å². The molecule has 0 amide bonds. The summed E-state index contributed by atoms with van der Waals surface area (Å²) in [6.07, 6.45) is 38.1. The molecular weight excluding hydrogens is 721 g/mol. The molecule has 2 atom stereocenters. The van der Waals surface area contributed by atoms with Gasteiger partial charge in [0.15, 0.2) is 0 Å². The van der Waals surface area contributed by atoms with Crippen LogP contribution in [0.2, 0.25) is 0 Å². The van der Waals surface area contributed by atoms with Crippen molar-refractivity contribution in [3.05, 3.63) is 120 Å². The molecule has 330 valence electrons. The minimum absolute atomic E-state index is 0.137. The van der Waals surface area contributed by atoms with E-state index < -0.39 is 5.60 Å². The molecule has 0 N–H and O–H groups in total. The van der Waals surface area contributed by atoms with Crippen LogP contribution in [0.1, 0.15) is 204 Å². The summed E-state index contributed by atoms with van der Waals surface area (Å²) in [6.45, 7) is 11.1. The predicted octanol–water partition coefficient (Wildman–Crippen LogP) is 16.8. The highest BCUT2D eigenvalue weighted by atomic mass is 16.6. The van der Waals surface area contributed by atoms with E-state index in [0.717, 1.165) is 48.7 Å². The van der Waals surface area contributed by atoms with E-state index in [-0.39, 0.29) is 6.10 Å². The topological polar surface area (TPSA) is 27.7 Å². The molecule has 0 spiro atoms. The molecule has 0 radical (unpaired) electrons. The molecule has 0 fully saturated rings. The second kappa shape index (κ2) is 34.9. The first-order chi connectivity index (χ1) is 29.2. The molecule has 59 heavy (non-hydrogen) atoms. The molecular formula is C56H88O3. The van der Waals surface area contributed by atoms with Crippen molar-refractivity contribution in [2.45, 2.75) is 199 Å². The van der Waals surface area contributed by atoms with Gasteiger partial charge in [-0.2, -0.15) is 0 Å². The normalized spacial score (nSPS) is 12.8. The van der Waals surface area contributed by atoms with E-state index in [1.54, 1.807) is 0 Å². The average Bonchev–Trinajstić information content (AvgIpc) is 3.27. The van der Waals surface area contributed by atoms with Gasteiger partial charge in [0.1, 0.15) is 11.7 Å². The molecule has 0 aliphatic heterocycles. The van der Waals surface area contributed by atoms with Crippen molar-refractivity contribution in [2.24, 2.45) is 5.92 Å². The molecule has 0 unspecified atom stereocenters. The largest absolute Gasteiger partial charge is 0.379 e. The Labute approximate surface area is 364 Å². The summed E-state index contributed by atoms with van der Waals surface area (Å²) in [5.74, 6) is 0.875. The van der Waals surface area contributed by atoms with Crippen LogP contribution in [0.15, 0.2) is 104 Å². The third-order valence-electron chi connectivity index (χ3n) is 12.3. The SMILES string of the molecule is C=CCCCCC[C@@H](C)CCCCCCCCCOC[C@@H](COC(c1ccccc1)(c1ccccc1)c1ccccc1)OCCCCCCCCCCCCCCCC. The van der Waals surface area contributed by atoms with E-state index in [1.165, 1.54) is 161 Å². The minimum Gasteiger partial charge on any atom is -0.379 e. The summed E-state index contributed by atoms with van der Waals surface area (Å²) in [7, 11) is 0.